The van der Waals surface area contributed by atoms with E-state index in [0.717, 1.165) is 30.8 Å². The number of nitriles is 1. The minimum Gasteiger partial charge on any atom is -0.479 e. The first-order valence-corrected chi connectivity index (χ1v) is 14.1. The number of rotatable bonds is 6. The second-order valence-electron chi connectivity index (χ2n) is 9.05. The first-order valence-electron chi connectivity index (χ1n) is 10.6. The lowest BCUT2D eigenvalue weighted by atomic mass is 9.99. The highest BCUT2D eigenvalue weighted by Gasteiger charge is 2.22. The maximum Gasteiger partial charge on any atom is 0.330 e. The monoisotopic (exact) mass is 431 g/mol. The lowest BCUT2D eigenvalue weighted by Gasteiger charge is -2.20. The largest absolute Gasteiger partial charge is 0.479 e. The molecule has 1 heterocycles. The summed E-state index contributed by atoms with van der Waals surface area (Å²) in [6, 6.07) is 13.9. The molecule has 6 heteroatoms. The predicted molar refractivity (Wildman–Crippen MR) is 126 cm³/mol. The van der Waals surface area contributed by atoms with Gasteiger partial charge in [-0.25, -0.2) is 4.79 Å². The van der Waals surface area contributed by atoms with E-state index in [4.69, 9.17) is 5.26 Å². The van der Waals surface area contributed by atoms with Gasteiger partial charge in [-0.15, -0.1) is 5.54 Å². The molecule has 0 saturated carbocycles. The summed E-state index contributed by atoms with van der Waals surface area (Å²) in [5, 5.41) is 22.0. The maximum absolute atomic E-state index is 12.2. The van der Waals surface area contributed by atoms with Crippen LogP contribution in [0.4, 0.5) is 5.69 Å². The van der Waals surface area contributed by atoms with Crippen LogP contribution in [0, 0.1) is 22.8 Å². The molecule has 5 nitrogen and oxygen atoms in total. The Balaban J connectivity index is 1.96. The van der Waals surface area contributed by atoms with Gasteiger partial charge < -0.3 is 10.4 Å². The van der Waals surface area contributed by atoms with Gasteiger partial charge in [0.1, 0.15) is 8.07 Å². The normalized spacial score (nSPS) is 14.9. The number of hydrogen-bond acceptors (Lipinski definition) is 4. The van der Waals surface area contributed by atoms with E-state index in [0.29, 0.717) is 16.8 Å². The molecule has 1 aliphatic heterocycles. The molecule has 1 fully saturated rings. The van der Waals surface area contributed by atoms with Crippen molar-refractivity contribution in [2.45, 2.75) is 45.1 Å². The van der Waals surface area contributed by atoms with Gasteiger partial charge in [0.25, 0.3) is 0 Å². The number of benzene rings is 2. The molecular weight excluding hydrogens is 402 g/mol. The van der Waals surface area contributed by atoms with Crippen molar-refractivity contribution in [1.29, 1.82) is 5.26 Å². The van der Waals surface area contributed by atoms with Crippen LogP contribution in [0.2, 0.25) is 19.6 Å². The summed E-state index contributed by atoms with van der Waals surface area (Å²) in [6.45, 7) is 9.54. The Kier molecular flexibility index (Phi) is 7.17. The molecule has 0 spiro atoms. The van der Waals surface area contributed by atoms with Crippen molar-refractivity contribution in [2.75, 3.05) is 18.4 Å². The highest BCUT2D eigenvalue weighted by molar-refractivity contribution is 6.83. The highest BCUT2D eigenvalue weighted by Crippen LogP contribution is 2.24. The molecule has 1 saturated heterocycles. The Morgan fingerprint density at radius 3 is 2.39 bits per heavy atom. The minimum atomic E-state index is -1.56. The van der Waals surface area contributed by atoms with Crippen LogP contribution in [0.5, 0.6) is 0 Å². The fourth-order valence-corrected chi connectivity index (χ4v) is 4.12. The number of aliphatic carboxylic acids is 1. The highest BCUT2D eigenvalue weighted by atomic mass is 28.3. The number of carbonyl (C=O) groups is 1. The number of likely N-dealkylation sites (tertiary alicyclic amines) is 1. The molecule has 0 bridgehead atoms. The number of hydrogen-bond donors (Lipinski definition) is 2. The molecule has 0 amide bonds. The van der Waals surface area contributed by atoms with E-state index >= 15 is 0 Å². The molecule has 2 N–H and O–H groups in total. The second-order valence-corrected chi connectivity index (χ2v) is 13.8. The Bertz CT molecular complexity index is 1030. The van der Waals surface area contributed by atoms with Crippen LogP contribution < -0.4 is 5.32 Å². The molecule has 0 aromatic heterocycles. The van der Waals surface area contributed by atoms with E-state index in [1.807, 2.05) is 12.1 Å². The van der Waals surface area contributed by atoms with Gasteiger partial charge in [-0.3, -0.25) is 4.90 Å². The third-order valence-electron chi connectivity index (χ3n) is 5.11. The van der Waals surface area contributed by atoms with E-state index in [9.17, 15) is 9.90 Å². The van der Waals surface area contributed by atoms with Crippen LogP contribution in [-0.2, 0) is 11.3 Å². The summed E-state index contributed by atoms with van der Waals surface area (Å²) < 4.78 is 0. The van der Waals surface area contributed by atoms with Crippen molar-refractivity contribution in [3.8, 4) is 17.5 Å². The second kappa shape index (κ2) is 9.83. The maximum atomic E-state index is 12.2. The fourth-order valence-electron chi connectivity index (χ4n) is 3.60. The topological polar surface area (TPSA) is 76.4 Å². The van der Waals surface area contributed by atoms with Crippen molar-refractivity contribution < 1.29 is 9.90 Å². The zero-order chi connectivity index (χ0) is 22.4. The summed E-state index contributed by atoms with van der Waals surface area (Å²) in [4.78, 5) is 14.6. The number of nitrogens with one attached hydrogen (secondary N) is 1. The van der Waals surface area contributed by atoms with E-state index in [1.54, 1.807) is 24.3 Å². The number of nitrogens with zero attached hydrogens (tertiary/aromatic N) is 2. The van der Waals surface area contributed by atoms with Crippen molar-refractivity contribution in [1.82, 2.24) is 4.90 Å². The smallest absolute Gasteiger partial charge is 0.330 e. The molecular formula is C25H29N3O2Si. The van der Waals surface area contributed by atoms with Gasteiger partial charge in [-0.05, 0) is 73.5 Å². The van der Waals surface area contributed by atoms with Gasteiger partial charge in [0, 0.05) is 17.8 Å². The summed E-state index contributed by atoms with van der Waals surface area (Å²) in [6.07, 6.45) is 2.42. The van der Waals surface area contributed by atoms with E-state index < -0.39 is 20.1 Å². The van der Waals surface area contributed by atoms with Crippen molar-refractivity contribution in [3.63, 3.8) is 0 Å². The molecule has 1 unspecified atom stereocenters. The zero-order valence-electron chi connectivity index (χ0n) is 18.4. The average molecular weight is 432 g/mol. The van der Waals surface area contributed by atoms with Crippen LogP contribution in [-0.4, -0.2) is 37.1 Å². The Hall–Kier alpha value is -3.06. The summed E-state index contributed by atoms with van der Waals surface area (Å²) >= 11 is 0. The van der Waals surface area contributed by atoms with Crippen molar-refractivity contribution >= 4 is 19.7 Å². The summed E-state index contributed by atoms with van der Waals surface area (Å²) in [5.74, 6) is 2.35. The van der Waals surface area contributed by atoms with Gasteiger partial charge in [0.2, 0.25) is 0 Å². The van der Waals surface area contributed by atoms with Crippen LogP contribution in [0.3, 0.4) is 0 Å². The van der Waals surface area contributed by atoms with Crippen LogP contribution in [0.15, 0.2) is 42.5 Å². The van der Waals surface area contributed by atoms with Crippen molar-refractivity contribution in [2.24, 2.45) is 0 Å². The van der Waals surface area contributed by atoms with Crippen LogP contribution >= 0.6 is 0 Å². The van der Waals surface area contributed by atoms with Gasteiger partial charge in [0.05, 0.1) is 11.6 Å². The summed E-state index contributed by atoms with van der Waals surface area (Å²) in [7, 11) is -1.56. The quantitative estimate of drug-likeness (QED) is 0.515. The van der Waals surface area contributed by atoms with Gasteiger partial charge in [0.15, 0.2) is 6.04 Å². The van der Waals surface area contributed by atoms with Crippen LogP contribution in [0.25, 0.3) is 0 Å². The van der Waals surface area contributed by atoms with E-state index in [2.05, 4.69) is 53.5 Å². The Labute approximate surface area is 185 Å². The van der Waals surface area contributed by atoms with Gasteiger partial charge >= 0.3 is 5.97 Å². The molecule has 2 aromatic carbocycles. The Morgan fingerprint density at radius 1 is 1.13 bits per heavy atom. The van der Waals surface area contributed by atoms with Gasteiger partial charge in [-0.2, -0.15) is 5.26 Å². The van der Waals surface area contributed by atoms with Gasteiger partial charge in [-0.1, -0.05) is 31.6 Å². The van der Waals surface area contributed by atoms with E-state index in [1.165, 1.54) is 12.8 Å². The lowest BCUT2D eigenvalue weighted by Crippen LogP contribution is -2.22. The zero-order valence-corrected chi connectivity index (χ0v) is 19.4. The number of carboxylic acids is 1. The summed E-state index contributed by atoms with van der Waals surface area (Å²) in [5.41, 5.74) is 7.23. The molecule has 2 aromatic rings. The molecule has 0 aliphatic carbocycles. The molecule has 160 valence electrons. The van der Waals surface area contributed by atoms with Crippen molar-refractivity contribution in [3.05, 3.63) is 64.7 Å². The number of carboxylic acid groups (broad SMARTS) is 1. The molecule has 1 aliphatic rings. The van der Waals surface area contributed by atoms with E-state index in [-0.39, 0.29) is 0 Å². The molecule has 3 rings (SSSR count). The first-order chi connectivity index (χ1) is 14.7. The number of anilines is 1. The minimum absolute atomic E-state index is 0.536. The first kappa shape index (κ1) is 22.6. The van der Waals surface area contributed by atoms with Crippen LogP contribution in [0.1, 0.15) is 41.1 Å². The Morgan fingerprint density at radius 2 is 1.81 bits per heavy atom. The third-order valence-corrected chi connectivity index (χ3v) is 5.98. The fraction of sp³-hybridized carbons (Fsp3) is 0.360. The lowest BCUT2D eigenvalue weighted by molar-refractivity contribution is -0.138. The standard InChI is InChI=1S/C25H29N3O2Si/c1-31(2,3)13-10-20-14-21(18-28-11-4-5-12-28)16-22(15-20)24(25(29)30)27-23-8-6-19(17-26)7-9-23/h6-9,14-16,24,27H,4-5,11-12,18H2,1-3H3,(H,29,30). The SMILES string of the molecule is C[Si](C)(C)C#Cc1cc(CN2CCCC2)cc(C(Nc2ccc(C#N)cc2)C(=O)O)c1. The molecule has 0 radical (unpaired) electrons. The average Bonchev–Trinajstić information content (AvgIpc) is 3.23. The predicted octanol–water partition coefficient (Wildman–Crippen LogP) is 4.62. The molecule has 31 heavy (non-hydrogen) atoms. The third kappa shape index (κ3) is 6.72. The molecule has 1 atom stereocenters.